The molecule has 122 valence electrons. The highest BCUT2D eigenvalue weighted by Crippen LogP contribution is 2.29. The van der Waals surface area contributed by atoms with Gasteiger partial charge in [-0.25, -0.2) is 4.79 Å². The van der Waals surface area contributed by atoms with E-state index in [0.29, 0.717) is 32.1 Å². The van der Waals surface area contributed by atoms with Crippen LogP contribution in [-0.4, -0.2) is 35.5 Å². The summed E-state index contributed by atoms with van der Waals surface area (Å²) in [5.74, 6) is 1.64. The van der Waals surface area contributed by atoms with E-state index in [1.54, 1.807) is 12.3 Å². The average molecular weight is 309 g/mol. The lowest BCUT2D eigenvalue weighted by Crippen LogP contribution is -2.28. The van der Waals surface area contributed by atoms with Crippen LogP contribution in [0.25, 0.3) is 0 Å². The first-order valence-corrected chi connectivity index (χ1v) is 7.44. The van der Waals surface area contributed by atoms with Crippen LogP contribution in [0.15, 0.2) is 28.6 Å². The predicted octanol–water partition coefficient (Wildman–Crippen LogP) is 1.15. The number of aromatic nitrogens is 2. The standard InChI is InChI=1S/C15H23N3O4/c1-4-20-9-12-14(22-10(2)3)11(8-21-12)7-18-6-5-13(16)17-15(18)19/h5-6,10-11H,4,7-9H2,1-3H3,(H2,16,17,19). The SMILES string of the molecule is CCOCC1=C(OC(C)C)C(Cn2ccc(N)nc2=O)CO1. The van der Waals surface area contributed by atoms with Crippen molar-refractivity contribution >= 4 is 5.82 Å². The van der Waals surface area contributed by atoms with Gasteiger partial charge in [0.15, 0.2) is 5.76 Å². The highest BCUT2D eigenvalue weighted by molar-refractivity contribution is 5.23. The van der Waals surface area contributed by atoms with Crippen LogP contribution in [0.2, 0.25) is 0 Å². The Morgan fingerprint density at radius 2 is 2.32 bits per heavy atom. The predicted molar refractivity (Wildman–Crippen MR) is 82.1 cm³/mol. The van der Waals surface area contributed by atoms with Crippen molar-refractivity contribution < 1.29 is 14.2 Å². The van der Waals surface area contributed by atoms with E-state index in [1.165, 1.54) is 4.57 Å². The molecule has 2 heterocycles. The molecule has 0 saturated carbocycles. The third-order valence-corrected chi connectivity index (χ3v) is 3.22. The van der Waals surface area contributed by atoms with Crippen molar-refractivity contribution in [3.05, 3.63) is 34.3 Å². The third-order valence-electron chi connectivity index (χ3n) is 3.22. The summed E-state index contributed by atoms with van der Waals surface area (Å²) < 4.78 is 18.5. The molecule has 0 saturated heterocycles. The Morgan fingerprint density at radius 1 is 1.55 bits per heavy atom. The zero-order valence-corrected chi connectivity index (χ0v) is 13.2. The number of anilines is 1. The molecule has 1 aromatic rings. The molecule has 0 spiro atoms. The highest BCUT2D eigenvalue weighted by atomic mass is 16.6. The largest absolute Gasteiger partial charge is 0.491 e. The monoisotopic (exact) mass is 309 g/mol. The smallest absolute Gasteiger partial charge is 0.349 e. The summed E-state index contributed by atoms with van der Waals surface area (Å²) in [5, 5.41) is 0. The van der Waals surface area contributed by atoms with E-state index in [9.17, 15) is 4.79 Å². The first-order chi connectivity index (χ1) is 10.5. The number of hydrogen-bond acceptors (Lipinski definition) is 6. The summed E-state index contributed by atoms with van der Waals surface area (Å²) in [4.78, 5) is 15.6. The van der Waals surface area contributed by atoms with Crippen LogP contribution < -0.4 is 11.4 Å². The summed E-state index contributed by atoms with van der Waals surface area (Å²) in [6.45, 7) is 7.72. The number of ether oxygens (including phenoxy) is 3. The average Bonchev–Trinajstić information content (AvgIpc) is 2.81. The van der Waals surface area contributed by atoms with Crippen LogP contribution in [0.3, 0.4) is 0 Å². The molecule has 0 bridgehead atoms. The van der Waals surface area contributed by atoms with Gasteiger partial charge in [0.05, 0.1) is 18.6 Å². The van der Waals surface area contributed by atoms with Crippen molar-refractivity contribution in [3.8, 4) is 0 Å². The molecule has 1 aromatic heterocycles. The molecule has 7 heteroatoms. The van der Waals surface area contributed by atoms with E-state index in [0.717, 1.165) is 5.76 Å². The minimum absolute atomic E-state index is 0.0251. The van der Waals surface area contributed by atoms with E-state index < -0.39 is 0 Å². The van der Waals surface area contributed by atoms with Crippen molar-refractivity contribution in [1.29, 1.82) is 0 Å². The maximum absolute atomic E-state index is 11.9. The van der Waals surface area contributed by atoms with Crippen LogP contribution in [0.4, 0.5) is 5.82 Å². The molecule has 1 unspecified atom stereocenters. The Morgan fingerprint density at radius 3 is 2.95 bits per heavy atom. The molecular weight excluding hydrogens is 286 g/mol. The molecule has 1 atom stereocenters. The first kappa shape index (κ1) is 16.4. The molecule has 0 radical (unpaired) electrons. The van der Waals surface area contributed by atoms with Crippen LogP contribution >= 0.6 is 0 Å². The first-order valence-electron chi connectivity index (χ1n) is 7.44. The number of nitrogen functional groups attached to an aromatic ring is 1. The van der Waals surface area contributed by atoms with Gasteiger partial charge < -0.3 is 19.9 Å². The van der Waals surface area contributed by atoms with Gasteiger partial charge in [-0.05, 0) is 26.8 Å². The van der Waals surface area contributed by atoms with E-state index in [2.05, 4.69) is 4.98 Å². The number of nitrogens with zero attached hydrogens (tertiary/aromatic N) is 2. The fourth-order valence-corrected chi connectivity index (χ4v) is 2.25. The van der Waals surface area contributed by atoms with Crippen molar-refractivity contribution in [1.82, 2.24) is 9.55 Å². The quantitative estimate of drug-likeness (QED) is 0.812. The lowest BCUT2D eigenvalue weighted by molar-refractivity contribution is 0.103. The van der Waals surface area contributed by atoms with E-state index >= 15 is 0 Å². The molecule has 0 aliphatic carbocycles. The van der Waals surface area contributed by atoms with Gasteiger partial charge in [0.25, 0.3) is 0 Å². The zero-order valence-electron chi connectivity index (χ0n) is 13.2. The van der Waals surface area contributed by atoms with E-state index in [1.807, 2.05) is 20.8 Å². The molecule has 1 aliphatic heterocycles. The molecular formula is C15H23N3O4. The number of nitrogens with two attached hydrogens (primary N) is 1. The Kier molecular flexibility index (Phi) is 5.43. The maximum atomic E-state index is 11.9. The van der Waals surface area contributed by atoms with Gasteiger partial charge in [-0.15, -0.1) is 0 Å². The summed E-state index contributed by atoms with van der Waals surface area (Å²) in [6.07, 6.45) is 1.66. The second-order valence-corrected chi connectivity index (χ2v) is 5.39. The zero-order chi connectivity index (χ0) is 16.1. The lowest BCUT2D eigenvalue weighted by Gasteiger charge is -2.18. The Balaban J connectivity index is 2.18. The molecule has 0 fully saturated rings. The summed E-state index contributed by atoms with van der Waals surface area (Å²) >= 11 is 0. The maximum Gasteiger partial charge on any atom is 0.349 e. The van der Waals surface area contributed by atoms with Crippen molar-refractivity contribution in [3.63, 3.8) is 0 Å². The molecule has 2 rings (SSSR count). The molecule has 0 aromatic carbocycles. The lowest BCUT2D eigenvalue weighted by atomic mass is 10.1. The van der Waals surface area contributed by atoms with Crippen LogP contribution in [-0.2, 0) is 20.8 Å². The van der Waals surface area contributed by atoms with Gasteiger partial charge in [-0.2, -0.15) is 4.98 Å². The van der Waals surface area contributed by atoms with Crippen LogP contribution in [0.1, 0.15) is 20.8 Å². The van der Waals surface area contributed by atoms with Gasteiger partial charge in [0, 0.05) is 19.3 Å². The second kappa shape index (κ2) is 7.31. The van der Waals surface area contributed by atoms with Crippen molar-refractivity contribution in [2.45, 2.75) is 33.4 Å². The Hall–Kier alpha value is -2.02. The topological polar surface area (TPSA) is 88.6 Å². The Bertz CT molecular complexity index is 595. The van der Waals surface area contributed by atoms with Crippen LogP contribution in [0, 0.1) is 5.92 Å². The van der Waals surface area contributed by atoms with E-state index in [-0.39, 0.29) is 23.5 Å². The Labute approximate surface area is 129 Å². The number of hydrogen-bond donors (Lipinski definition) is 1. The van der Waals surface area contributed by atoms with Gasteiger partial charge in [-0.3, -0.25) is 4.57 Å². The van der Waals surface area contributed by atoms with Crippen LogP contribution in [0.5, 0.6) is 0 Å². The highest BCUT2D eigenvalue weighted by Gasteiger charge is 2.30. The molecule has 7 nitrogen and oxygen atoms in total. The minimum atomic E-state index is -0.373. The normalized spacial score (nSPS) is 17.9. The van der Waals surface area contributed by atoms with Gasteiger partial charge in [0.2, 0.25) is 0 Å². The van der Waals surface area contributed by atoms with Gasteiger partial charge >= 0.3 is 5.69 Å². The second-order valence-electron chi connectivity index (χ2n) is 5.39. The third kappa shape index (κ3) is 4.00. The van der Waals surface area contributed by atoms with Gasteiger partial charge in [-0.1, -0.05) is 0 Å². The molecule has 1 aliphatic rings. The summed E-state index contributed by atoms with van der Waals surface area (Å²) in [6, 6.07) is 1.60. The summed E-state index contributed by atoms with van der Waals surface area (Å²) in [5.41, 5.74) is 5.13. The minimum Gasteiger partial charge on any atom is -0.491 e. The molecule has 22 heavy (non-hydrogen) atoms. The molecule has 2 N–H and O–H groups in total. The fourth-order valence-electron chi connectivity index (χ4n) is 2.25. The number of rotatable bonds is 7. The van der Waals surface area contributed by atoms with E-state index in [4.69, 9.17) is 19.9 Å². The van der Waals surface area contributed by atoms with Crippen molar-refractivity contribution in [2.75, 3.05) is 25.6 Å². The fraction of sp³-hybridized carbons (Fsp3) is 0.600. The summed E-state index contributed by atoms with van der Waals surface area (Å²) in [7, 11) is 0. The van der Waals surface area contributed by atoms with Gasteiger partial charge in [0.1, 0.15) is 18.2 Å². The molecule has 0 amide bonds. The van der Waals surface area contributed by atoms with Crippen molar-refractivity contribution in [2.24, 2.45) is 5.92 Å².